The molecule has 3 rings (SSSR count). The highest BCUT2D eigenvalue weighted by Crippen LogP contribution is 2.15. The van der Waals surface area contributed by atoms with E-state index in [-0.39, 0.29) is 11.3 Å². The first-order valence-electron chi connectivity index (χ1n) is 8.60. The molecule has 0 aliphatic heterocycles. The first-order valence-corrected chi connectivity index (χ1v) is 8.60. The number of rotatable bonds is 7. The van der Waals surface area contributed by atoms with Gasteiger partial charge in [-0.1, -0.05) is 42.5 Å². The van der Waals surface area contributed by atoms with E-state index in [1.165, 1.54) is 18.2 Å². The zero-order valence-corrected chi connectivity index (χ0v) is 14.9. The minimum Gasteiger partial charge on any atom is -0.489 e. The Balaban J connectivity index is 1.47. The third kappa shape index (κ3) is 5.41. The molecule has 142 valence electrons. The topological polar surface area (TPSA) is 64.6 Å². The summed E-state index contributed by atoms with van der Waals surface area (Å²) in [6.45, 7) is -0.0969. The van der Waals surface area contributed by atoms with Crippen molar-refractivity contribution in [3.05, 3.63) is 95.8 Å². The van der Waals surface area contributed by atoms with Crippen molar-refractivity contribution < 1.29 is 23.5 Å². The molecule has 1 N–H and O–H groups in total. The van der Waals surface area contributed by atoms with E-state index >= 15 is 0 Å². The minimum atomic E-state index is -0.654. The third-order valence-electron chi connectivity index (χ3n) is 3.82. The van der Waals surface area contributed by atoms with Crippen LogP contribution < -0.4 is 10.1 Å². The van der Waals surface area contributed by atoms with Crippen LogP contribution in [0.1, 0.15) is 15.9 Å². The Morgan fingerprint density at radius 2 is 1.54 bits per heavy atom. The maximum Gasteiger partial charge on any atom is 0.338 e. The van der Waals surface area contributed by atoms with Gasteiger partial charge in [0.05, 0.1) is 11.3 Å². The van der Waals surface area contributed by atoms with E-state index in [1.54, 1.807) is 30.3 Å². The largest absolute Gasteiger partial charge is 0.489 e. The van der Waals surface area contributed by atoms with Crippen LogP contribution in [0.5, 0.6) is 5.75 Å². The van der Waals surface area contributed by atoms with E-state index in [1.807, 2.05) is 30.3 Å². The lowest BCUT2D eigenvalue weighted by molar-refractivity contribution is -0.119. The molecule has 3 aromatic carbocycles. The molecule has 0 aromatic heterocycles. The first-order chi connectivity index (χ1) is 13.6. The molecule has 0 bridgehead atoms. The maximum atomic E-state index is 13.5. The van der Waals surface area contributed by atoms with Gasteiger partial charge in [0.2, 0.25) is 0 Å². The van der Waals surface area contributed by atoms with Crippen LogP contribution >= 0.6 is 0 Å². The summed E-state index contributed by atoms with van der Waals surface area (Å²) >= 11 is 0. The van der Waals surface area contributed by atoms with Crippen molar-refractivity contribution in [1.82, 2.24) is 0 Å². The fourth-order valence-electron chi connectivity index (χ4n) is 2.39. The van der Waals surface area contributed by atoms with Gasteiger partial charge in [0, 0.05) is 0 Å². The summed E-state index contributed by atoms with van der Waals surface area (Å²) in [6, 6.07) is 21.9. The molecule has 0 aliphatic rings. The van der Waals surface area contributed by atoms with Crippen LogP contribution in [0.2, 0.25) is 0 Å². The van der Waals surface area contributed by atoms with Gasteiger partial charge in [-0.3, -0.25) is 4.79 Å². The fourth-order valence-corrected chi connectivity index (χ4v) is 2.39. The zero-order valence-electron chi connectivity index (χ0n) is 14.9. The smallest absolute Gasteiger partial charge is 0.338 e. The predicted molar refractivity (Wildman–Crippen MR) is 103 cm³/mol. The summed E-state index contributed by atoms with van der Waals surface area (Å²) in [7, 11) is 0. The highest BCUT2D eigenvalue weighted by Gasteiger charge is 2.12. The third-order valence-corrected chi connectivity index (χ3v) is 3.82. The van der Waals surface area contributed by atoms with E-state index in [9.17, 15) is 14.0 Å². The normalized spacial score (nSPS) is 10.2. The lowest BCUT2D eigenvalue weighted by atomic mass is 10.2. The minimum absolute atomic E-state index is 0.0310. The predicted octanol–water partition coefficient (Wildman–Crippen LogP) is 4.20. The fraction of sp³-hybridized carbons (Fsp3) is 0.0909. The van der Waals surface area contributed by atoms with Crippen LogP contribution in [0.4, 0.5) is 10.1 Å². The number of hydrogen-bond donors (Lipinski definition) is 1. The molecule has 0 radical (unpaired) electrons. The quantitative estimate of drug-likeness (QED) is 0.625. The molecule has 0 saturated heterocycles. The number of para-hydroxylation sites is 1. The van der Waals surface area contributed by atoms with Gasteiger partial charge in [-0.05, 0) is 42.0 Å². The Labute approximate surface area is 161 Å². The standard InChI is InChI=1S/C22H18FNO4/c23-19-8-4-5-9-20(19)24-21(25)15-28-22(26)17-10-12-18(13-11-17)27-14-16-6-2-1-3-7-16/h1-13H,14-15H2,(H,24,25). The molecule has 0 saturated carbocycles. The second-order valence-corrected chi connectivity index (χ2v) is 5.90. The maximum absolute atomic E-state index is 13.5. The molecule has 3 aromatic rings. The van der Waals surface area contributed by atoms with Gasteiger partial charge in [0.25, 0.3) is 5.91 Å². The Morgan fingerprint density at radius 3 is 2.25 bits per heavy atom. The highest BCUT2D eigenvalue weighted by atomic mass is 19.1. The zero-order chi connectivity index (χ0) is 19.8. The van der Waals surface area contributed by atoms with E-state index < -0.39 is 24.3 Å². The summed E-state index contributed by atoms with van der Waals surface area (Å²) in [5, 5.41) is 2.35. The number of carbonyl (C=O) groups excluding carboxylic acids is 2. The summed E-state index contributed by atoms with van der Waals surface area (Å²) in [6.07, 6.45) is 0. The molecule has 1 amide bonds. The van der Waals surface area contributed by atoms with Crippen molar-refractivity contribution in [2.45, 2.75) is 6.61 Å². The Bertz CT molecular complexity index is 942. The molecular weight excluding hydrogens is 361 g/mol. The average molecular weight is 379 g/mol. The Hall–Kier alpha value is -3.67. The number of amides is 1. The molecule has 0 unspecified atom stereocenters. The van der Waals surface area contributed by atoms with Gasteiger partial charge in [-0.2, -0.15) is 0 Å². The Kier molecular flexibility index (Phi) is 6.36. The number of benzene rings is 3. The number of halogens is 1. The number of esters is 1. The molecule has 0 heterocycles. The van der Waals surface area contributed by atoms with Crippen molar-refractivity contribution in [1.29, 1.82) is 0 Å². The van der Waals surface area contributed by atoms with Crippen LogP contribution in [0.25, 0.3) is 0 Å². The van der Waals surface area contributed by atoms with Crippen molar-refractivity contribution in [2.75, 3.05) is 11.9 Å². The van der Waals surface area contributed by atoms with Crippen LogP contribution in [0.3, 0.4) is 0 Å². The number of carbonyl (C=O) groups is 2. The summed E-state index contributed by atoms with van der Waals surface area (Å²) < 4.78 is 24.1. The Morgan fingerprint density at radius 1 is 0.857 bits per heavy atom. The van der Waals surface area contributed by atoms with Crippen molar-refractivity contribution in [3.63, 3.8) is 0 Å². The SMILES string of the molecule is O=C(COC(=O)c1ccc(OCc2ccccc2)cc1)Nc1ccccc1F. The molecule has 0 atom stereocenters. The van der Waals surface area contributed by atoms with Gasteiger partial charge in [0.15, 0.2) is 6.61 Å². The van der Waals surface area contributed by atoms with Gasteiger partial charge >= 0.3 is 5.97 Å². The van der Waals surface area contributed by atoms with Gasteiger partial charge in [-0.25, -0.2) is 9.18 Å². The monoisotopic (exact) mass is 379 g/mol. The molecule has 0 spiro atoms. The summed E-state index contributed by atoms with van der Waals surface area (Å²) in [4.78, 5) is 23.8. The lowest BCUT2D eigenvalue weighted by Crippen LogP contribution is -2.21. The number of anilines is 1. The van der Waals surface area contributed by atoms with E-state index in [0.29, 0.717) is 12.4 Å². The molecule has 6 heteroatoms. The lowest BCUT2D eigenvalue weighted by Gasteiger charge is -2.08. The van der Waals surface area contributed by atoms with Crippen molar-refractivity contribution in [3.8, 4) is 5.75 Å². The van der Waals surface area contributed by atoms with Gasteiger partial charge < -0.3 is 14.8 Å². The van der Waals surface area contributed by atoms with Crippen LogP contribution in [-0.2, 0) is 16.1 Å². The molecule has 5 nitrogen and oxygen atoms in total. The van der Waals surface area contributed by atoms with Gasteiger partial charge in [0.1, 0.15) is 18.2 Å². The number of nitrogens with one attached hydrogen (secondary N) is 1. The van der Waals surface area contributed by atoms with Crippen LogP contribution in [0, 0.1) is 5.82 Å². The summed E-state index contributed by atoms with van der Waals surface area (Å²) in [5.41, 5.74) is 1.35. The van der Waals surface area contributed by atoms with E-state index in [2.05, 4.69) is 5.32 Å². The highest BCUT2D eigenvalue weighted by molar-refractivity contribution is 5.95. The van der Waals surface area contributed by atoms with E-state index in [4.69, 9.17) is 9.47 Å². The average Bonchev–Trinajstić information content (AvgIpc) is 2.73. The van der Waals surface area contributed by atoms with Crippen molar-refractivity contribution in [2.24, 2.45) is 0 Å². The first kappa shape index (κ1) is 19.1. The van der Waals surface area contributed by atoms with Crippen LogP contribution in [-0.4, -0.2) is 18.5 Å². The molecule has 28 heavy (non-hydrogen) atoms. The summed E-state index contributed by atoms with van der Waals surface area (Å²) in [5.74, 6) is -1.23. The number of ether oxygens (including phenoxy) is 2. The second-order valence-electron chi connectivity index (χ2n) is 5.90. The van der Waals surface area contributed by atoms with E-state index in [0.717, 1.165) is 5.56 Å². The van der Waals surface area contributed by atoms with Gasteiger partial charge in [-0.15, -0.1) is 0 Å². The second kappa shape index (κ2) is 9.32. The molecule has 0 aliphatic carbocycles. The number of hydrogen-bond acceptors (Lipinski definition) is 4. The molecule has 0 fully saturated rings. The van der Waals surface area contributed by atoms with Crippen molar-refractivity contribution >= 4 is 17.6 Å². The molecular formula is C22H18FNO4. The van der Waals surface area contributed by atoms with Crippen LogP contribution in [0.15, 0.2) is 78.9 Å².